The lowest BCUT2D eigenvalue weighted by Gasteiger charge is -2.24. The van der Waals surface area contributed by atoms with Crippen LogP contribution in [0.3, 0.4) is 0 Å². The van der Waals surface area contributed by atoms with Gasteiger partial charge in [-0.1, -0.05) is 6.07 Å². The molecule has 0 unspecified atom stereocenters. The van der Waals surface area contributed by atoms with Crippen LogP contribution in [0.1, 0.15) is 20.1 Å². The van der Waals surface area contributed by atoms with E-state index in [1.807, 2.05) is 4.98 Å². The smallest absolute Gasteiger partial charge is 0.459 e. The molecular formula is C21H25FN3O11P. The van der Waals surface area contributed by atoms with Crippen LogP contribution in [0, 0.1) is 0 Å². The lowest BCUT2D eigenvalue weighted by molar-refractivity contribution is -0.141. The summed E-state index contributed by atoms with van der Waals surface area (Å²) in [5, 5.41) is 12.9. The molecule has 0 aliphatic carbocycles. The number of esters is 1. The molecule has 0 radical (unpaired) electrons. The van der Waals surface area contributed by atoms with Crippen molar-refractivity contribution >= 4 is 13.7 Å². The van der Waals surface area contributed by atoms with Crippen molar-refractivity contribution in [1.82, 2.24) is 14.6 Å². The van der Waals surface area contributed by atoms with Gasteiger partial charge in [-0.3, -0.25) is 23.7 Å². The van der Waals surface area contributed by atoms with E-state index in [2.05, 4.69) is 5.09 Å². The SMILES string of the molecule is CCOC(=O)CN[P@](=O)(OC[C@H]1O[C@@H](n2ccc(=O)[nH]c2=O)[C@](C)(F)[C@@H]1O)Oc1cccc2c1OCO2. The van der Waals surface area contributed by atoms with E-state index in [0.717, 1.165) is 23.8 Å². The Bertz CT molecular complexity index is 1310. The highest BCUT2D eigenvalue weighted by Crippen LogP contribution is 2.51. The van der Waals surface area contributed by atoms with Crippen LogP contribution in [-0.4, -0.2) is 65.1 Å². The highest BCUT2D eigenvalue weighted by atomic mass is 31.2. The number of fused-ring (bicyclic) bond motifs is 1. The predicted molar refractivity (Wildman–Crippen MR) is 122 cm³/mol. The van der Waals surface area contributed by atoms with Gasteiger partial charge in [-0.2, -0.15) is 0 Å². The molecule has 0 bridgehead atoms. The maximum absolute atomic E-state index is 15.5. The fourth-order valence-electron chi connectivity index (χ4n) is 3.72. The fourth-order valence-corrected chi connectivity index (χ4v) is 4.99. The number of carbonyl (C=O) groups is 1. The van der Waals surface area contributed by atoms with E-state index >= 15 is 4.39 Å². The molecule has 4 rings (SSSR count). The van der Waals surface area contributed by atoms with Crippen molar-refractivity contribution in [3.05, 3.63) is 51.3 Å². The molecule has 1 aromatic carbocycles. The van der Waals surface area contributed by atoms with Gasteiger partial charge in [-0.25, -0.2) is 18.8 Å². The number of aliphatic hydroxyl groups is 1. The van der Waals surface area contributed by atoms with Crippen molar-refractivity contribution in [3.8, 4) is 17.2 Å². The molecule has 0 amide bonds. The van der Waals surface area contributed by atoms with Gasteiger partial charge in [-0.05, 0) is 26.0 Å². The first-order valence-corrected chi connectivity index (χ1v) is 12.7. The maximum Gasteiger partial charge on any atom is 0.459 e. The minimum Gasteiger partial charge on any atom is -0.465 e. The second kappa shape index (κ2) is 10.6. The second-order valence-corrected chi connectivity index (χ2v) is 9.91. The molecular weight excluding hydrogens is 520 g/mol. The first-order chi connectivity index (χ1) is 17.5. The Hall–Kier alpha value is -3.23. The van der Waals surface area contributed by atoms with Crippen molar-refractivity contribution < 1.29 is 46.9 Å². The number of aliphatic hydroxyl groups excluding tert-OH is 1. The number of nitrogens with one attached hydrogen (secondary N) is 2. The Kier molecular flexibility index (Phi) is 7.71. The molecule has 2 aliphatic rings. The molecule has 3 N–H and O–H groups in total. The Balaban J connectivity index is 1.53. The molecule has 202 valence electrons. The normalized spacial score (nSPS) is 26.0. The Labute approximate surface area is 208 Å². The van der Waals surface area contributed by atoms with Crippen LogP contribution in [0.5, 0.6) is 17.2 Å². The number of aromatic nitrogens is 2. The number of ether oxygens (including phenoxy) is 4. The van der Waals surface area contributed by atoms with Crippen molar-refractivity contribution in [2.75, 3.05) is 26.6 Å². The van der Waals surface area contributed by atoms with Crippen LogP contribution < -0.4 is 30.3 Å². The fraction of sp³-hybridized carbons (Fsp3) is 0.476. The average molecular weight is 545 g/mol. The van der Waals surface area contributed by atoms with Crippen molar-refractivity contribution in [3.63, 3.8) is 0 Å². The molecule has 2 aromatic rings. The quantitative estimate of drug-likeness (QED) is 0.280. The van der Waals surface area contributed by atoms with Gasteiger partial charge in [0.25, 0.3) is 5.56 Å². The Morgan fingerprint density at radius 3 is 2.86 bits per heavy atom. The predicted octanol–water partition coefficient (Wildman–Crippen LogP) is 0.608. The van der Waals surface area contributed by atoms with Gasteiger partial charge in [0.05, 0.1) is 13.2 Å². The highest BCUT2D eigenvalue weighted by Gasteiger charge is 2.55. The zero-order valence-electron chi connectivity index (χ0n) is 19.7. The van der Waals surface area contributed by atoms with E-state index in [9.17, 15) is 24.1 Å². The van der Waals surface area contributed by atoms with E-state index in [4.69, 9.17) is 28.0 Å². The largest absolute Gasteiger partial charge is 0.465 e. The highest BCUT2D eigenvalue weighted by molar-refractivity contribution is 7.52. The number of para-hydroxylation sites is 1. The number of nitrogens with zero attached hydrogens (tertiary/aromatic N) is 1. The van der Waals surface area contributed by atoms with E-state index < -0.39 is 62.2 Å². The van der Waals surface area contributed by atoms with Crippen LogP contribution >= 0.6 is 7.75 Å². The number of carbonyl (C=O) groups excluding carboxylic acids is 1. The summed E-state index contributed by atoms with van der Waals surface area (Å²) in [6.45, 7) is 1.31. The second-order valence-electron chi connectivity index (χ2n) is 8.15. The van der Waals surface area contributed by atoms with Gasteiger partial charge in [-0.15, -0.1) is 0 Å². The van der Waals surface area contributed by atoms with E-state index in [-0.39, 0.29) is 24.9 Å². The summed E-state index contributed by atoms with van der Waals surface area (Å²) in [6.07, 6.45) is -3.89. The van der Waals surface area contributed by atoms with E-state index in [0.29, 0.717) is 5.75 Å². The van der Waals surface area contributed by atoms with Crippen LogP contribution in [0.25, 0.3) is 0 Å². The number of hydrogen-bond acceptors (Lipinski definition) is 11. The summed E-state index contributed by atoms with van der Waals surface area (Å²) in [4.78, 5) is 37.3. The van der Waals surface area contributed by atoms with Crippen LogP contribution in [-0.2, 0) is 23.4 Å². The van der Waals surface area contributed by atoms with Crippen LogP contribution in [0.15, 0.2) is 40.1 Å². The number of rotatable bonds is 10. The number of hydrogen-bond donors (Lipinski definition) is 3. The summed E-state index contributed by atoms with van der Waals surface area (Å²) in [7, 11) is -4.40. The molecule has 16 heteroatoms. The summed E-state index contributed by atoms with van der Waals surface area (Å²) < 4.78 is 61.7. The summed E-state index contributed by atoms with van der Waals surface area (Å²) in [5.74, 6) is -0.309. The lowest BCUT2D eigenvalue weighted by Crippen LogP contribution is -2.43. The molecule has 5 atom stereocenters. The number of halogens is 1. The zero-order chi connectivity index (χ0) is 26.8. The van der Waals surface area contributed by atoms with Crippen molar-refractivity contribution in [2.24, 2.45) is 0 Å². The molecule has 14 nitrogen and oxygen atoms in total. The first kappa shape index (κ1) is 26.8. The van der Waals surface area contributed by atoms with E-state index in [1.165, 1.54) is 6.07 Å². The molecule has 2 aliphatic heterocycles. The van der Waals surface area contributed by atoms with Gasteiger partial charge in [0.1, 0.15) is 18.8 Å². The Morgan fingerprint density at radius 1 is 1.35 bits per heavy atom. The van der Waals surface area contributed by atoms with Gasteiger partial charge in [0.15, 0.2) is 23.4 Å². The summed E-state index contributed by atoms with van der Waals surface area (Å²) >= 11 is 0. The summed E-state index contributed by atoms with van der Waals surface area (Å²) in [6, 6.07) is 5.55. The monoisotopic (exact) mass is 545 g/mol. The number of benzene rings is 1. The molecule has 1 saturated heterocycles. The third-order valence-corrected chi connectivity index (χ3v) is 7.00. The molecule has 3 heterocycles. The van der Waals surface area contributed by atoms with Gasteiger partial charge >= 0.3 is 19.4 Å². The molecule has 0 saturated carbocycles. The minimum atomic E-state index is -4.40. The molecule has 1 aromatic heterocycles. The zero-order valence-corrected chi connectivity index (χ0v) is 20.6. The number of aromatic amines is 1. The number of alkyl halides is 1. The molecule has 1 fully saturated rings. The third kappa shape index (κ3) is 5.70. The Morgan fingerprint density at radius 2 is 2.14 bits per heavy atom. The number of H-pyrrole nitrogens is 1. The molecule has 37 heavy (non-hydrogen) atoms. The topological polar surface area (TPSA) is 177 Å². The van der Waals surface area contributed by atoms with Gasteiger partial charge < -0.3 is 28.6 Å². The molecule has 0 spiro atoms. The minimum absolute atomic E-state index is 0.0319. The van der Waals surface area contributed by atoms with Crippen LogP contribution in [0.4, 0.5) is 4.39 Å². The summed E-state index contributed by atoms with van der Waals surface area (Å²) in [5.41, 5.74) is -4.17. The van der Waals surface area contributed by atoms with E-state index in [1.54, 1.807) is 19.1 Å². The maximum atomic E-state index is 15.5. The lowest BCUT2D eigenvalue weighted by atomic mass is 9.98. The van der Waals surface area contributed by atoms with Gasteiger partial charge in [0, 0.05) is 12.3 Å². The first-order valence-electron chi connectivity index (χ1n) is 11.1. The standard InChI is InChI=1S/C21H25FN3O11P/c1-3-31-16(27)9-23-37(30,36-13-6-4-5-12-17(13)33-11-32-12)34-10-14-18(28)21(2,22)19(35-14)25-8-7-15(26)24-20(25)29/h4-8,14,18-19,28H,3,9-11H2,1-2H3,(H,23,30)(H,24,26,29)/t14-,18-,19-,21-,37+/m1/s1. The third-order valence-electron chi connectivity index (χ3n) is 5.53. The average Bonchev–Trinajstić information content (AvgIpc) is 3.41. The van der Waals surface area contributed by atoms with Crippen LogP contribution in [0.2, 0.25) is 0 Å². The van der Waals surface area contributed by atoms with Crippen molar-refractivity contribution in [2.45, 2.75) is 38.0 Å². The van der Waals surface area contributed by atoms with Crippen molar-refractivity contribution in [1.29, 1.82) is 0 Å². The van der Waals surface area contributed by atoms with Gasteiger partial charge in [0.2, 0.25) is 12.5 Å².